The van der Waals surface area contributed by atoms with E-state index in [-0.39, 0.29) is 6.04 Å². The van der Waals surface area contributed by atoms with Crippen LogP contribution in [0.1, 0.15) is 29.7 Å². The molecule has 0 aliphatic heterocycles. The lowest BCUT2D eigenvalue weighted by molar-refractivity contribution is 0.349. The van der Waals surface area contributed by atoms with E-state index in [1.54, 1.807) is 24.2 Å². The van der Waals surface area contributed by atoms with Gasteiger partial charge in [-0.3, -0.25) is 4.98 Å². The Morgan fingerprint density at radius 1 is 1.50 bits per heavy atom. The quantitative estimate of drug-likeness (QED) is 0.857. The molecule has 2 aromatic rings. The van der Waals surface area contributed by atoms with Gasteiger partial charge < -0.3 is 10.3 Å². The number of hydrogen-bond donors (Lipinski definition) is 1. The standard InChI is InChI=1S/C12H16N4OS/c1-18-6-4-10(13)12-15-11(16-17-12)7-9-3-2-5-14-8-9/h2-3,5,8,10H,4,6-7,13H2,1H3/t10-/m0/s1. The van der Waals surface area contributed by atoms with E-state index in [9.17, 15) is 0 Å². The van der Waals surface area contributed by atoms with E-state index >= 15 is 0 Å². The van der Waals surface area contributed by atoms with E-state index in [0.29, 0.717) is 18.1 Å². The van der Waals surface area contributed by atoms with E-state index in [1.165, 1.54) is 0 Å². The summed E-state index contributed by atoms with van der Waals surface area (Å²) < 4.78 is 5.18. The Morgan fingerprint density at radius 3 is 3.11 bits per heavy atom. The van der Waals surface area contributed by atoms with Gasteiger partial charge in [0.2, 0.25) is 5.89 Å². The van der Waals surface area contributed by atoms with E-state index in [4.69, 9.17) is 10.3 Å². The van der Waals surface area contributed by atoms with Crippen molar-refractivity contribution in [2.24, 2.45) is 5.73 Å². The first-order valence-electron chi connectivity index (χ1n) is 5.75. The smallest absolute Gasteiger partial charge is 0.243 e. The molecule has 0 saturated heterocycles. The van der Waals surface area contributed by atoms with Crippen molar-refractivity contribution in [2.75, 3.05) is 12.0 Å². The minimum absolute atomic E-state index is 0.174. The van der Waals surface area contributed by atoms with Crippen LogP contribution in [0.15, 0.2) is 29.0 Å². The van der Waals surface area contributed by atoms with Crippen molar-refractivity contribution in [3.63, 3.8) is 0 Å². The van der Waals surface area contributed by atoms with Gasteiger partial charge in [-0.1, -0.05) is 11.2 Å². The van der Waals surface area contributed by atoms with Crippen LogP contribution in [0.25, 0.3) is 0 Å². The molecular weight excluding hydrogens is 248 g/mol. The molecule has 0 amide bonds. The lowest BCUT2D eigenvalue weighted by Crippen LogP contribution is -2.11. The Morgan fingerprint density at radius 2 is 2.39 bits per heavy atom. The molecule has 1 atom stereocenters. The van der Waals surface area contributed by atoms with Crippen LogP contribution < -0.4 is 5.73 Å². The van der Waals surface area contributed by atoms with Crippen LogP contribution in [0.3, 0.4) is 0 Å². The first-order valence-corrected chi connectivity index (χ1v) is 7.15. The van der Waals surface area contributed by atoms with Gasteiger partial charge in [0, 0.05) is 18.8 Å². The molecule has 0 bridgehead atoms. The topological polar surface area (TPSA) is 77.8 Å². The third-order valence-electron chi connectivity index (χ3n) is 2.52. The Hall–Kier alpha value is -1.40. The van der Waals surface area contributed by atoms with Crippen LogP contribution in [0, 0.1) is 0 Å². The molecule has 0 saturated carbocycles. The number of rotatable bonds is 6. The minimum atomic E-state index is -0.174. The molecule has 0 aromatic carbocycles. The molecule has 5 nitrogen and oxygen atoms in total. The summed E-state index contributed by atoms with van der Waals surface area (Å²) in [5, 5.41) is 3.94. The van der Waals surface area contributed by atoms with Gasteiger partial charge in [-0.2, -0.15) is 16.7 Å². The van der Waals surface area contributed by atoms with Gasteiger partial charge in [0.1, 0.15) is 0 Å². The van der Waals surface area contributed by atoms with Crippen molar-refractivity contribution in [2.45, 2.75) is 18.9 Å². The molecule has 6 heteroatoms. The molecule has 0 aliphatic carbocycles. The summed E-state index contributed by atoms with van der Waals surface area (Å²) in [5.74, 6) is 2.15. The van der Waals surface area contributed by atoms with Crippen molar-refractivity contribution in [3.8, 4) is 0 Å². The molecule has 2 rings (SSSR count). The van der Waals surface area contributed by atoms with E-state index in [2.05, 4.69) is 15.1 Å². The first kappa shape index (κ1) is 13.0. The van der Waals surface area contributed by atoms with Gasteiger partial charge >= 0.3 is 0 Å². The summed E-state index contributed by atoms with van der Waals surface area (Å²) in [5.41, 5.74) is 7.02. The summed E-state index contributed by atoms with van der Waals surface area (Å²) in [6, 6.07) is 3.70. The molecule has 2 N–H and O–H groups in total. The lowest BCUT2D eigenvalue weighted by Gasteiger charge is -2.03. The Labute approximate surface area is 110 Å². The van der Waals surface area contributed by atoms with Crippen molar-refractivity contribution in [3.05, 3.63) is 41.8 Å². The highest BCUT2D eigenvalue weighted by molar-refractivity contribution is 7.98. The number of hydrogen-bond acceptors (Lipinski definition) is 6. The van der Waals surface area contributed by atoms with Crippen LogP contribution >= 0.6 is 11.8 Å². The number of nitrogens with two attached hydrogens (primary N) is 1. The summed E-state index contributed by atoms with van der Waals surface area (Å²) in [7, 11) is 0. The molecule has 2 aromatic heterocycles. The van der Waals surface area contributed by atoms with Gasteiger partial charge in [-0.05, 0) is 30.1 Å². The molecule has 96 valence electrons. The fraction of sp³-hybridized carbons (Fsp3) is 0.417. The fourth-order valence-corrected chi connectivity index (χ4v) is 2.03. The highest BCUT2D eigenvalue weighted by atomic mass is 32.2. The van der Waals surface area contributed by atoms with E-state index in [0.717, 1.165) is 17.7 Å². The van der Waals surface area contributed by atoms with Gasteiger partial charge in [0.25, 0.3) is 0 Å². The number of aromatic nitrogens is 3. The molecule has 0 radical (unpaired) electrons. The largest absolute Gasteiger partial charge is 0.338 e. The Kier molecular flexibility index (Phi) is 4.72. The van der Waals surface area contributed by atoms with Gasteiger partial charge in [0.05, 0.1) is 6.04 Å². The summed E-state index contributed by atoms with van der Waals surface area (Å²) in [4.78, 5) is 8.37. The zero-order chi connectivity index (χ0) is 12.8. The molecule has 0 fully saturated rings. The van der Waals surface area contributed by atoms with Crippen LogP contribution in [0.2, 0.25) is 0 Å². The van der Waals surface area contributed by atoms with Crippen LogP contribution in [-0.4, -0.2) is 27.1 Å². The highest BCUT2D eigenvalue weighted by Crippen LogP contribution is 2.15. The third kappa shape index (κ3) is 3.54. The van der Waals surface area contributed by atoms with Gasteiger partial charge in [-0.15, -0.1) is 0 Å². The van der Waals surface area contributed by atoms with Gasteiger partial charge in [0.15, 0.2) is 5.82 Å². The Balaban J connectivity index is 1.98. The predicted octanol–water partition coefficient (Wildman–Crippen LogP) is 1.81. The molecule has 0 spiro atoms. The molecule has 0 unspecified atom stereocenters. The molecule has 0 aliphatic rings. The summed E-state index contributed by atoms with van der Waals surface area (Å²) >= 11 is 1.76. The van der Waals surface area contributed by atoms with Crippen molar-refractivity contribution >= 4 is 11.8 Å². The first-order chi connectivity index (χ1) is 8.79. The number of thioether (sulfide) groups is 1. The average molecular weight is 264 g/mol. The van der Waals surface area contributed by atoms with E-state index in [1.807, 2.05) is 18.4 Å². The zero-order valence-corrected chi connectivity index (χ0v) is 11.1. The predicted molar refractivity (Wildman–Crippen MR) is 71.3 cm³/mol. The third-order valence-corrected chi connectivity index (χ3v) is 3.16. The van der Waals surface area contributed by atoms with Crippen molar-refractivity contribution < 1.29 is 4.52 Å². The monoisotopic (exact) mass is 264 g/mol. The van der Waals surface area contributed by atoms with Crippen LogP contribution in [-0.2, 0) is 6.42 Å². The maximum absolute atomic E-state index is 5.97. The normalized spacial score (nSPS) is 12.6. The molecular formula is C12H16N4OS. The van der Waals surface area contributed by atoms with Crippen LogP contribution in [0.4, 0.5) is 0 Å². The maximum atomic E-state index is 5.97. The average Bonchev–Trinajstić information content (AvgIpc) is 2.86. The van der Waals surface area contributed by atoms with Crippen molar-refractivity contribution in [1.29, 1.82) is 0 Å². The Bertz CT molecular complexity index is 474. The highest BCUT2D eigenvalue weighted by Gasteiger charge is 2.14. The molecule has 18 heavy (non-hydrogen) atoms. The lowest BCUT2D eigenvalue weighted by atomic mass is 10.2. The fourth-order valence-electron chi connectivity index (χ4n) is 1.54. The molecule has 2 heterocycles. The summed E-state index contributed by atoms with van der Waals surface area (Å²) in [6.07, 6.45) is 7.05. The zero-order valence-electron chi connectivity index (χ0n) is 10.2. The SMILES string of the molecule is CSCC[C@H](N)c1nc(Cc2cccnc2)no1. The minimum Gasteiger partial charge on any atom is -0.338 e. The number of nitrogens with zero attached hydrogens (tertiary/aromatic N) is 3. The van der Waals surface area contributed by atoms with E-state index < -0.39 is 0 Å². The second-order valence-electron chi connectivity index (χ2n) is 3.97. The van der Waals surface area contributed by atoms with Crippen molar-refractivity contribution in [1.82, 2.24) is 15.1 Å². The van der Waals surface area contributed by atoms with Crippen LogP contribution in [0.5, 0.6) is 0 Å². The second kappa shape index (κ2) is 6.51. The second-order valence-corrected chi connectivity index (χ2v) is 4.96. The van der Waals surface area contributed by atoms with Gasteiger partial charge in [-0.25, -0.2) is 0 Å². The maximum Gasteiger partial charge on any atom is 0.243 e. The number of pyridine rings is 1. The summed E-state index contributed by atoms with van der Waals surface area (Å²) in [6.45, 7) is 0.